The van der Waals surface area contributed by atoms with Crippen molar-refractivity contribution in [2.24, 2.45) is 0 Å². The van der Waals surface area contributed by atoms with Gasteiger partial charge in [-0.2, -0.15) is 5.26 Å². The number of carbonyl (C=O) groups is 1. The first-order chi connectivity index (χ1) is 14.4. The predicted molar refractivity (Wildman–Crippen MR) is 121 cm³/mol. The Morgan fingerprint density at radius 3 is 2.53 bits per heavy atom. The van der Waals surface area contributed by atoms with Crippen LogP contribution in [0.4, 0.5) is 5.69 Å². The number of hydrogen-bond donors (Lipinski definition) is 1. The van der Waals surface area contributed by atoms with E-state index in [0.717, 1.165) is 33.8 Å². The Bertz CT molecular complexity index is 1100. The number of nitrogens with one attached hydrogen (secondary N) is 1. The van der Waals surface area contributed by atoms with E-state index in [1.165, 1.54) is 11.8 Å². The second kappa shape index (κ2) is 9.47. The Labute approximate surface area is 181 Å². The number of rotatable bonds is 6. The fraction of sp³-hybridized carbons (Fsp3) is 0.208. The van der Waals surface area contributed by atoms with Crippen molar-refractivity contribution < 1.29 is 9.53 Å². The fourth-order valence-corrected chi connectivity index (χ4v) is 3.77. The van der Waals surface area contributed by atoms with Crippen LogP contribution in [-0.2, 0) is 4.79 Å². The topological polar surface area (TPSA) is 75.0 Å². The van der Waals surface area contributed by atoms with E-state index in [2.05, 4.69) is 16.4 Å². The molecule has 1 amide bonds. The number of thioether (sulfide) groups is 1. The van der Waals surface area contributed by atoms with Gasteiger partial charge < -0.3 is 10.1 Å². The van der Waals surface area contributed by atoms with Crippen LogP contribution in [-0.4, -0.2) is 23.3 Å². The highest BCUT2D eigenvalue weighted by atomic mass is 32.2. The Kier molecular flexibility index (Phi) is 6.76. The summed E-state index contributed by atoms with van der Waals surface area (Å²) < 4.78 is 5.20. The lowest BCUT2D eigenvalue weighted by atomic mass is 10.1. The normalized spacial score (nSPS) is 11.4. The number of nitriles is 1. The molecule has 0 aliphatic rings. The Balaban J connectivity index is 1.81. The Hall–Kier alpha value is -3.30. The molecule has 0 saturated heterocycles. The van der Waals surface area contributed by atoms with E-state index in [-0.39, 0.29) is 5.91 Å². The van der Waals surface area contributed by atoms with E-state index in [1.807, 2.05) is 69.3 Å². The third-order valence-electron chi connectivity index (χ3n) is 4.89. The summed E-state index contributed by atoms with van der Waals surface area (Å²) in [5.74, 6) is 0.632. The zero-order chi connectivity index (χ0) is 21.7. The monoisotopic (exact) mass is 417 g/mol. The van der Waals surface area contributed by atoms with E-state index in [0.29, 0.717) is 10.6 Å². The van der Waals surface area contributed by atoms with Crippen LogP contribution >= 0.6 is 11.8 Å². The van der Waals surface area contributed by atoms with Gasteiger partial charge in [-0.3, -0.25) is 4.79 Å². The fourth-order valence-electron chi connectivity index (χ4n) is 2.88. The second-order valence-electron chi connectivity index (χ2n) is 6.89. The van der Waals surface area contributed by atoms with Crippen LogP contribution < -0.4 is 10.1 Å². The van der Waals surface area contributed by atoms with Crippen LogP contribution in [0.25, 0.3) is 11.3 Å². The van der Waals surface area contributed by atoms with Crippen molar-refractivity contribution in [1.82, 2.24) is 4.98 Å². The second-order valence-corrected chi connectivity index (χ2v) is 8.22. The SMILES string of the molecule is COc1ccc(-c2ccc(C#N)c(SC(C)C(=O)Nc3cccc(C)c3C)n2)cc1. The van der Waals surface area contributed by atoms with Crippen LogP contribution in [0.3, 0.4) is 0 Å². The summed E-state index contributed by atoms with van der Waals surface area (Å²) in [7, 11) is 1.62. The van der Waals surface area contributed by atoms with Crippen molar-refractivity contribution in [3.05, 3.63) is 71.3 Å². The molecule has 2 aromatic carbocycles. The molecule has 1 unspecified atom stereocenters. The lowest BCUT2D eigenvalue weighted by Gasteiger charge is -2.15. The summed E-state index contributed by atoms with van der Waals surface area (Å²) in [5.41, 5.74) is 5.06. The summed E-state index contributed by atoms with van der Waals surface area (Å²) in [4.78, 5) is 17.4. The number of amides is 1. The molecule has 1 aromatic heterocycles. The minimum Gasteiger partial charge on any atom is -0.497 e. The van der Waals surface area contributed by atoms with Crippen molar-refractivity contribution in [3.8, 4) is 23.1 Å². The van der Waals surface area contributed by atoms with E-state index < -0.39 is 5.25 Å². The molecule has 1 N–H and O–H groups in total. The van der Waals surface area contributed by atoms with Gasteiger partial charge in [0, 0.05) is 11.3 Å². The number of benzene rings is 2. The van der Waals surface area contributed by atoms with Gasteiger partial charge in [-0.15, -0.1) is 0 Å². The standard InChI is InChI=1S/C24H23N3O2S/c1-15-6-5-7-21(16(15)2)26-23(28)17(3)30-24-19(14-25)10-13-22(27-24)18-8-11-20(29-4)12-9-18/h5-13,17H,1-4H3,(H,26,28). The summed E-state index contributed by atoms with van der Waals surface area (Å²) in [6, 6.07) is 19.1. The Morgan fingerprint density at radius 1 is 1.13 bits per heavy atom. The predicted octanol–water partition coefficient (Wildman–Crippen LogP) is 5.37. The van der Waals surface area contributed by atoms with Crippen molar-refractivity contribution in [3.63, 3.8) is 0 Å². The number of pyridine rings is 1. The highest BCUT2D eigenvalue weighted by Crippen LogP contribution is 2.30. The van der Waals surface area contributed by atoms with Crippen LogP contribution in [0.1, 0.15) is 23.6 Å². The summed E-state index contributed by atoms with van der Waals surface area (Å²) in [6.07, 6.45) is 0. The van der Waals surface area contributed by atoms with E-state index in [9.17, 15) is 10.1 Å². The number of nitrogens with zero attached hydrogens (tertiary/aromatic N) is 2. The van der Waals surface area contributed by atoms with E-state index in [1.54, 1.807) is 13.2 Å². The molecule has 0 saturated carbocycles. The van der Waals surface area contributed by atoms with Gasteiger partial charge in [0.1, 0.15) is 16.8 Å². The number of methoxy groups -OCH3 is 1. The van der Waals surface area contributed by atoms with E-state index in [4.69, 9.17) is 4.74 Å². The van der Waals surface area contributed by atoms with Crippen LogP contribution in [0.5, 0.6) is 5.75 Å². The van der Waals surface area contributed by atoms with Crippen LogP contribution in [0.15, 0.2) is 59.6 Å². The van der Waals surface area contributed by atoms with Gasteiger partial charge in [0.25, 0.3) is 0 Å². The minimum atomic E-state index is -0.421. The quantitative estimate of drug-likeness (QED) is 0.546. The number of hydrogen-bond acceptors (Lipinski definition) is 5. The third-order valence-corrected chi connectivity index (χ3v) is 5.99. The van der Waals surface area contributed by atoms with Gasteiger partial charge in [-0.1, -0.05) is 23.9 Å². The lowest BCUT2D eigenvalue weighted by Crippen LogP contribution is -2.23. The van der Waals surface area contributed by atoms with Crippen molar-refractivity contribution in [2.75, 3.05) is 12.4 Å². The van der Waals surface area contributed by atoms with Crippen molar-refractivity contribution >= 4 is 23.4 Å². The molecule has 152 valence electrons. The van der Waals surface area contributed by atoms with Gasteiger partial charge in [-0.05, 0) is 74.4 Å². The molecular weight excluding hydrogens is 394 g/mol. The maximum Gasteiger partial charge on any atom is 0.237 e. The smallest absolute Gasteiger partial charge is 0.237 e. The third kappa shape index (κ3) is 4.81. The summed E-state index contributed by atoms with van der Waals surface area (Å²) >= 11 is 1.28. The molecular formula is C24H23N3O2S. The van der Waals surface area contributed by atoms with Gasteiger partial charge in [0.15, 0.2) is 0 Å². The largest absolute Gasteiger partial charge is 0.497 e. The molecule has 0 radical (unpaired) electrons. The number of anilines is 1. The van der Waals surface area contributed by atoms with Crippen LogP contribution in [0.2, 0.25) is 0 Å². The van der Waals surface area contributed by atoms with Crippen LogP contribution in [0, 0.1) is 25.2 Å². The number of aromatic nitrogens is 1. The molecule has 5 nitrogen and oxygen atoms in total. The van der Waals surface area contributed by atoms with Gasteiger partial charge >= 0.3 is 0 Å². The molecule has 3 aromatic rings. The van der Waals surface area contributed by atoms with Gasteiger partial charge in [0.05, 0.1) is 23.6 Å². The zero-order valence-corrected chi connectivity index (χ0v) is 18.2. The molecule has 30 heavy (non-hydrogen) atoms. The zero-order valence-electron chi connectivity index (χ0n) is 17.4. The molecule has 0 fully saturated rings. The maximum absolute atomic E-state index is 12.7. The van der Waals surface area contributed by atoms with E-state index >= 15 is 0 Å². The van der Waals surface area contributed by atoms with Gasteiger partial charge in [0.2, 0.25) is 5.91 Å². The number of carbonyl (C=O) groups excluding carboxylic acids is 1. The highest BCUT2D eigenvalue weighted by molar-refractivity contribution is 8.00. The van der Waals surface area contributed by atoms with Crippen molar-refractivity contribution in [2.45, 2.75) is 31.0 Å². The number of ether oxygens (including phenoxy) is 1. The number of aryl methyl sites for hydroxylation is 1. The molecule has 0 spiro atoms. The molecule has 6 heteroatoms. The first-order valence-electron chi connectivity index (χ1n) is 9.52. The average Bonchev–Trinajstić information content (AvgIpc) is 2.76. The molecule has 0 bridgehead atoms. The summed E-state index contributed by atoms with van der Waals surface area (Å²) in [6.45, 7) is 5.81. The van der Waals surface area contributed by atoms with Gasteiger partial charge in [-0.25, -0.2) is 4.98 Å². The minimum absolute atomic E-state index is 0.130. The first kappa shape index (κ1) is 21.4. The molecule has 1 atom stereocenters. The maximum atomic E-state index is 12.7. The molecule has 3 rings (SSSR count). The Morgan fingerprint density at radius 2 is 1.87 bits per heavy atom. The average molecular weight is 418 g/mol. The lowest BCUT2D eigenvalue weighted by molar-refractivity contribution is -0.115. The molecule has 0 aliphatic carbocycles. The molecule has 1 heterocycles. The van der Waals surface area contributed by atoms with Crippen molar-refractivity contribution in [1.29, 1.82) is 5.26 Å². The first-order valence-corrected chi connectivity index (χ1v) is 10.4. The molecule has 0 aliphatic heterocycles. The summed E-state index contributed by atoms with van der Waals surface area (Å²) in [5, 5.41) is 12.6. The highest BCUT2D eigenvalue weighted by Gasteiger charge is 2.19.